The van der Waals surface area contributed by atoms with Gasteiger partial charge >= 0.3 is 5.97 Å². The zero-order chi connectivity index (χ0) is 14.9. The van der Waals surface area contributed by atoms with Crippen LogP contribution in [0.2, 0.25) is 0 Å². The standard InChI is InChI=1S/C15H18O5/c1-7-4-10(16)12(17)14(3)6-11-9(5-15(7,14)19)8(2)13(18)20-11/h9,11-12,17,19H,1-2,4-6H2,3H3/t9-,11-,12+,14+,15+/m1/s1. The van der Waals surface area contributed by atoms with E-state index in [9.17, 15) is 19.8 Å². The molecule has 0 unspecified atom stereocenters. The maximum absolute atomic E-state index is 11.9. The Labute approximate surface area is 116 Å². The Kier molecular flexibility index (Phi) is 2.57. The van der Waals surface area contributed by atoms with Crippen LogP contribution in [-0.4, -0.2) is 39.8 Å². The predicted octanol–water partition coefficient (Wildman–Crippen LogP) is 0.505. The lowest BCUT2D eigenvalue weighted by Gasteiger charge is -2.56. The number of rotatable bonds is 0. The summed E-state index contributed by atoms with van der Waals surface area (Å²) in [5.41, 5.74) is -1.70. The van der Waals surface area contributed by atoms with Gasteiger partial charge in [-0.15, -0.1) is 0 Å². The second kappa shape index (κ2) is 3.80. The molecule has 2 aliphatic carbocycles. The molecule has 0 aromatic carbocycles. The first-order valence-corrected chi connectivity index (χ1v) is 6.72. The van der Waals surface area contributed by atoms with E-state index in [0.29, 0.717) is 11.1 Å². The Morgan fingerprint density at radius 3 is 2.60 bits per heavy atom. The van der Waals surface area contributed by atoms with Crippen molar-refractivity contribution in [2.45, 2.75) is 44.0 Å². The van der Waals surface area contributed by atoms with Gasteiger partial charge in [0.25, 0.3) is 0 Å². The molecule has 3 fully saturated rings. The van der Waals surface area contributed by atoms with Crippen molar-refractivity contribution in [3.63, 3.8) is 0 Å². The van der Waals surface area contributed by atoms with Gasteiger partial charge in [0, 0.05) is 23.3 Å². The van der Waals surface area contributed by atoms with Crippen LogP contribution in [0.4, 0.5) is 0 Å². The third-order valence-corrected chi connectivity index (χ3v) is 5.38. The monoisotopic (exact) mass is 278 g/mol. The van der Waals surface area contributed by atoms with Gasteiger partial charge < -0.3 is 14.9 Å². The van der Waals surface area contributed by atoms with E-state index in [1.54, 1.807) is 6.92 Å². The van der Waals surface area contributed by atoms with Crippen LogP contribution in [-0.2, 0) is 14.3 Å². The lowest BCUT2D eigenvalue weighted by Crippen LogP contribution is -2.65. The van der Waals surface area contributed by atoms with Crippen molar-refractivity contribution in [2.24, 2.45) is 11.3 Å². The van der Waals surface area contributed by atoms with Crippen LogP contribution >= 0.6 is 0 Å². The minimum absolute atomic E-state index is 0.0358. The molecule has 0 amide bonds. The first-order valence-electron chi connectivity index (χ1n) is 6.72. The Hall–Kier alpha value is -1.46. The third kappa shape index (κ3) is 1.39. The molecule has 1 heterocycles. The molecule has 0 aromatic heterocycles. The van der Waals surface area contributed by atoms with E-state index in [1.807, 2.05) is 0 Å². The molecule has 5 nitrogen and oxygen atoms in total. The molecule has 0 radical (unpaired) electrons. The highest BCUT2D eigenvalue weighted by Gasteiger charge is 2.65. The molecule has 20 heavy (non-hydrogen) atoms. The molecule has 0 bridgehead atoms. The summed E-state index contributed by atoms with van der Waals surface area (Å²) in [4.78, 5) is 23.5. The number of hydrogen-bond acceptors (Lipinski definition) is 5. The minimum atomic E-state index is -1.38. The molecule has 108 valence electrons. The van der Waals surface area contributed by atoms with Gasteiger partial charge in [0.05, 0.1) is 5.60 Å². The van der Waals surface area contributed by atoms with Gasteiger partial charge in [0.1, 0.15) is 12.2 Å². The van der Waals surface area contributed by atoms with Gasteiger partial charge in [-0.1, -0.05) is 20.1 Å². The molecule has 5 atom stereocenters. The number of carbonyl (C=O) groups excluding carboxylic acids is 2. The van der Waals surface area contributed by atoms with Gasteiger partial charge in [-0.05, 0) is 18.4 Å². The summed E-state index contributed by atoms with van der Waals surface area (Å²) in [6.07, 6.45) is -1.31. The Morgan fingerprint density at radius 1 is 1.30 bits per heavy atom. The van der Waals surface area contributed by atoms with Crippen LogP contribution in [0.25, 0.3) is 0 Å². The van der Waals surface area contributed by atoms with Crippen molar-refractivity contribution in [3.05, 3.63) is 24.3 Å². The number of fused-ring (bicyclic) bond motifs is 2. The smallest absolute Gasteiger partial charge is 0.334 e. The van der Waals surface area contributed by atoms with Crippen LogP contribution in [0.1, 0.15) is 26.2 Å². The summed E-state index contributed by atoms with van der Waals surface area (Å²) in [5.74, 6) is -1.08. The largest absolute Gasteiger partial charge is 0.458 e. The highest BCUT2D eigenvalue weighted by Crippen LogP contribution is 2.58. The normalized spacial score (nSPS) is 47.9. The van der Waals surface area contributed by atoms with E-state index < -0.39 is 29.2 Å². The molecular weight excluding hydrogens is 260 g/mol. The fraction of sp³-hybridized carbons (Fsp3) is 0.600. The number of Topliss-reactive ketones (excluding diaryl/α,β-unsaturated/α-hetero) is 1. The van der Waals surface area contributed by atoms with Crippen molar-refractivity contribution < 1.29 is 24.5 Å². The maximum Gasteiger partial charge on any atom is 0.334 e. The van der Waals surface area contributed by atoms with Gasteiger partial charge in [0.15, 0.2) is 5.78 Å². The van der Waals surface area contributed by atoms with E-state index in [-0.39, 0.29) is 31.0 Å². The van der Waals surface area contributed by atoms with Crippen LogP contribution in [0.3, 0.4) is 0 Å². The first-order chi connectivity index (χ1) is 9.20. The van der Waals surface area contributed by atoms with E-state index in [4.69, 9.17) is 4.74 Å². The average molecular weight is 278 g/mol. The number of ketones is 1. The van der Waals surface area contributed by atoms with Crippen LogP contribution < -0.4 is 0 Å². The van der Waals surface area contributed by atoms with E-state index >= 15 is 0 Å². The first kappa shape index (κ1) is 13.5. The number of carbonyl (C=O) groups is 2. The Bertz CT molecular complexity index is 550. The van der Waals surface area contributed by atoms with Crippen molar-refractivity contribution in [2.75, 3.05) is 0 Å². The lowest BCUT2D eigenvalue weighted by molar-refractivity contribution is -0.189. The van der Waals surface area contributed by atoms with Gasteiger partial charge in [-0.3, -0.25) is 4.79 Å². The minimum Gasteiger partial charge on any atom is -0.458 e. The zero-order valence-electron chi connectivity index (χ0n) is 11.4. The molecule has 5 heteroatoms. The molecule has 3 aliphatic rings. The molecule has 1 saturated heterocycles. The highest BCUT2D eigenvalue weighted by atomic mass is 16.6. The van der Waals surface area contributed by atoms with Crippen molar-refractivity contribution in [1.82, 2.24) is 0 Å². The van der Waals surface area contributed by atoms with Crippen molar-refractivity contribution >= 4 is 11.8 Å². The number of aliphatic hydroxyl groups is 2. The molecule has 0 aromatic rings. The summed E-state index contributed by atoms with van der Waals surface area (Å²) in [7, 11) is 0. The lowest BCUT2D eigenvalue weighted by atomic mass is 9.51. The van der Waals surface area contributed by atoms with Gasteiger partial charge in [-0.25, -0.2) is 4.79 Å². The highest BCUT2D eigenvalue weighted by molar-refractivity contribution is 5.92. The molecule has 0 spiro atoms. The number of aliphatic hydroxyl groups excluding tert-OH is 1. The van der Waals surface area contributed by atoms with Crippen LogP contribution in [0, 0.1) is 11.3 Å². The molecule has 3 rings (SSSR count). The van der Waals surface area contributed by atoms with E-state index in [2.05, 4.69) is 13.2 Å². The summed E-state index contributed by atoms with van der Waals surface area (Å²) < 4.78 is 5.25. The Morgan fingerprint density at radius 2 is 1.95 bits per heavy atom. The predicted molar refractivity (Wildman–Crippen MR) is 69.6 cm³/mol. The summed E-state index contributed by atoms with van der Waals surface area (Å²) in [5, 5.41) is 21.3. The Balaban J connectivity index is 2.06. The average Bonchev–Trinajstić information content (AvgIpc) is 2.63. The van der Waals surface area contributed by atoms with E-state index in [1.165, 1.54) is 0 Å². The zero-order valence-corrected chi connectivity index (χ0v) is 11.4. The second-order valence-electron chi connectivity index (χ2n) is 6.41. The fourth-order valence-corrected chi connectivity index (χ4v) is 3.94. The van der Waals surface area contributed by atoms with Crippen molar-refractivity contribution in [1.29, 1.82) is 0 Å². The number of hydrogen-bond donors (Lipinski definition) is 2. The molecule has 2 saturated carbocycles. The summed E-state index contributed by atoms with van der Waals surface area (Å²) >= 11 is 0. The molecular formula is C15H18O5. The molecule has 2 N–H and O–H groups in total. The number of esters is 1. The molecule has 1 aliphatic heterocycles. The third-order valence-electron chi connectivity index (χ3n) is 5.38. The summed E-state index contributed by atoms with van der Waals surface area (Å²) in [6, 6.07) is 0. The van der Waals surface area contributed by atoms with Crippen LogP contribution in [0.5, 0.6) is 0 Å². The SMILES string of the molecule is C=C1C(=O)O[C@@H]2C[C@@]3(C)[C@@H](O)C(=O)CC(=C)[C@@]3(O)C[C@H]12. The fourth-order valence-electron chi connectivity index (χ4n) is 3.94. The second-order valence-corrected chi connectivity index (χ2v) is 6.41. The maximum atomic E-state index is 11.9. The summed E-state index contributed by atoms with van der Waals surface area (Å²) in [6.45, 7) is 9.20. The van der Waals surface area contributed by atoms with Crippen molar-refractivity contribution in [3.8, 4) is 0 Å². The van der Waals surface area contributed by atoms with E-state index in [0.717, 1.165) is 0 Å². The number of ether oxygens (including phenoxy) is 1. The topological polar surface area (TPSA) is 83.8 Å². The van der Waals surface area contributed by atoms with Gasteiger partial charge in [0.2, 0.25) is 0 Å². The van der Waals surface area contributed by atoms with Crippen LogP contribution in [0.15, 0.2) is 24.3 Å². The van der Waals surface area contributed by atoms with Gasteiger partial charge in [-0.2, -0.15) is 0 Å². The quantitative estimate of drug-likeness (QED) is 0.383.